The van der Waals surface area contributed by atoms with Gasteiger partial charge in [0.1, 0.15) is 22.1 Å². The summed E-state index contributed by atoms with van der Waals surface area (Å²) in [5.74, 6) is 0.289. The fourth-order valence-electron chi connectivity index (χ4n) is 3.60. The van der Waals surface area contributed by atoms with Crippen LogP contribution >= 0.6 is 35.0 Å². The van der Waals surface area contributed by atoms with E-state index >= 15 is 0 Å². The van der Waals surface area contributed by atoms with Crippen molar-refractivity contribution >= 4 is 53.2 Å². The van der Waals surface area contributed by atoms with Crippen molar-refractivity contribution in [2.45, 2.75) is 38.5 Å². The van der Waals surface area contributed by atoms with Crippen molar-refractivity contribution in [3.63, 3.8) is 0 Å². The molecule has 3 atom stereocenters. The van der Waals surface area contributed by atoms with Crippen LogP contribution in [-0.2, 0) is 14.4 Å². The Labute approximate surface area is 249 Å². The van der Waals surface area contributed by atoms with Gasteiger partial charge in [-0.15, -0.1) is 0 Å². The van der Waals surface area contributed by atoms with E-state index in [2.05, 4.69) is 15.3 Å². The summed E-state index contributed by atoms with van der Waals surface area (Å²) in [4.78, 5) is 27.6. The van der Waals surface area contributed by atoms with Gasteiger partial charge < -0.3 is 14.8 Å². The lowest BCUT2D eigenvalue weighted by Crippen LogP contribution is -2.19. The van der Waals surface area contributed by atoms with Crippen LogP contribution in [-0.4, -0.2) is 36.3 Å². The number of hydrogen-bond acceptors (Lipinski definition) is 8. The van der Waals surface area contributed by atoms with Crippen LogP contribution in [0.3, 0.4) is 0 Å². The first-order chi connectivity index (χ1) is 18.8. The van der Waals surface area contributed by atoms with Crippen LogP contribution in [0.2, 0.25) is 0 Å². The summed E-state index contributed by atoms with van der Waals surface area (Å²) < 4.78 is 11.3. The van der Waals surface area contributed by atoms with Crippen LogP contribution in [0.1, 0.15) is 39.4 Å². The zero-order valence-electron chi connectivity index (χ0n) is 23.2. The van der Waals surface area contributed by atoms with Crippen LogP contribution in [0.25, 0.3) is 0 Å². The van der Waals surface area contributed by atoms with Crippen molar-refractivity contribution in [1.29, 1.82) is 5.26 Å². The van der Waals surface area contributed by atoms with E-state index in [9.17, 15) is 14.9 Å². The highest BCUT2D eigenvalue weighted by molar-refractivity contribution is 8.00. The minimum atomic E-state index is -1.03. The number of ether oxygens (including phenoxy) is 2. The first-order valence-electron chi connectivity index (χ1n) is 12.3. The lowest BCUT2D eigenvalue weighted by atomic mass is 10.1. The number of hydrogen-bond donors (Lipinski definition) is 1. The number of carbonyl (C=O) groups excluding carboxylic acids is 2. The van der Waals surface area contributed by atoms with Crippen LogP contribution in [0.15, 0.2) is 70.3 Å². The molecule has 40 heavy (non-hydrogen) atoms. The molecule has 0 aromatic heterocycles. The van der Waals surface area contributed by atoms with Gasteiger partial charge in [0.05, 0.1) is 12.1 Å². The number of thioether (sulfide) groups is 1. The molecule has 8 nitrogen and oxygen atoms in total. The van der Waals surface area contributed by atoms with E-state index in [1.165, 1.54) is 7.05 Å². The predicted molar refractivity (Wildman–Crippen MR) is 160 cm³/mol. The largest absolute Gasteiger partial charge is 0.457 e. The molecule has 0 spiro atoms. The fourth-order valence-corrected chi connectivity index (χ4v) is 4.02. The van der Waals surface area contributed by atoms with Gasteiger partial charge in [-0.1, -0.05) is 72.5 Å². The highest BCUT2D eigenvalue weighted by Crippen LogP contribution is 2.60. The molecule has 1 aliphatic carbocycles. The van der Waals surface area contributed by atoms with E-state index < -0.39 is 18.2 Å². The van der Waals surface area contributed by atoms with Gasteiger partial charge in [-0.2, -0.15) is 17.0 Å². The Morgan fingerprint density at radius 1 is 1.15 bits per heavy atom. The highest BCUT2D eigenvalue weighted by atomic mass is 35.5. The Kier molecular flexibility index (Phi) is 12.4. The molecule has 3 rings (SSSR count). The molecule has 0 heterocycles. The number of carbonyl (C=O) groups is 2. The van der Waals surface area contributed by atoms with Gasteiger partial charge in [-0.3, -0.25) is 9.63 Å². The number of nitrogens with one attached hydrogen (secondary N) is 1. The molecular formula is C29H33Cl2N3O5S. The summed E-state index contributed by atoms with van der Waals surface area (Å²) in [5, 5.41) is 15.3. The topological polar surface area (TPSA) is 110 Å². The Hall–Kier alpha value is -3.19. The highest BCUT2D eigenvalue weighted by Gasteiger charge is 2.62. The number of benzene rings is 2. The fraction of sp³-hybridized carbons (Fsp3) is 0.379. The maximum absolute atomic E-state index is 12.6. The Morgan fingerprint density at radius 3 is 2.38 bits per heavy atom. The van der Waals surface area contributed by atoms with Gasteiger partial charge in [0.2, 0.25) is 6.10 Å². The molecule has 1 N–H and O–H groups in total. The predicted octanol–water partition coefficient (Wildman–Crippen LogP) is 7.65. The molecule has 2 aromatic carbocycles. The normalized spacial score (nSPS) is 17.8. The van der Waals surface area contributed by atoms with Gasteiger partial charge in [0.15, 0.2) is 0 Å². The molecule has 1 aliphatic rings. The third-order valence-corrected chi connectivity index (χ3v) is 7.60. The summed E-state index contributed by atoms with van der Waals surface area (Å²) in [6.45, 7) is 7.84. The van der Waals surface area contributed by atoms with Crippen LogP contribution < -0.4 is 10.1 Å². The van der Waals surface area contributed by atoms with Crippen molar-refractivity contribution in [1.82, 2.24) is 5.32 Å². The Balaban J connectivity index is 0.000000395. The van der Waals surface area contributed by atoms with Gasteiger partial charge in [0.25, 0.3) is 0 Å². The molecule has 2 aromatic rings. The van der Waals surface area contributed by atoms with Crippen molar-refractivity contribution in [2.24, 2.45) is 22.4 Å². The second-order valence-corrected chi connectivity index (χ2v) is 12.4. The van der Waals surface area contributed by atoms with Gasteiger partial charge in [-0.05, 0) is 61.8 Å². The average molecular weight is 607 g/mol. The monoisotopic (exact) mass is 605 g/mol. The standard InChI is InChI=1S/C22H19Cl2NO3.C7H14N2O2S/c1-22(2)17(12-19(23)24)20(22)21(26)28-18(13-25)14-7-6-10-16(11-14)27-15-8-4-3-5-9-15;1-7(2,12-4)5-9-11-6(10)8-3/h3-12,17-18,20H,1-2H3;5H,1-4H3,(H,8,10)/b;9-5+/t17?,18-,20?;/m1./s1. The van der Waals surface area contributed by atoms with Gasteiger partial charge >= 0.3 is 12.1 Å². The van der Waals surface area contributed by atoms with E-state index in [4.69, 9.17) is 32.7 Å². The van der Waals surface area contributed by atoms with Crippen LogP contribution in [0.4, 0.5) is 4.79 Å². The van der Waals surface area contributed by atoms with Crippen molar-refractivity contribution in [3.8, 4) is 17.6 Å². The molecule has 1 amide bonds. The van der Waals surface area contributed by atoms with Crippen molar-refractivity contribution in [2.75, 3.05) is 13.3 Å². The number of esters is 1. The second-order valence-electron chi connectivity index (χ2n) is 9.89. The molecule has 0 bridgehead atoms. The maximum atomic E-state index is 12.6. The van der Waals surface area contributed by atoms with Crippen LogP contribution in [0.5, 0.6) is 11.5 Å². The number of amides is 1. The van der Waals surface area contributed by atoms with Crippen molar-refractivity contribution in [3.05, 3.63) is 70.7 Å². The van der Waals surface area contributed by atoms with E-state index in [0.29, 0.717) is 17.1 Å². The summed E-state index contributed by atoms with van der Waals surface area (Å²) >= 11 is 13.1. The summed E-state index contributed by atoms with van der Waals surface area (Å²) in [6.07, 6.45) is 3.62. The molecular weight excluding hydrogens is 573 g/mol. The quantitative estimate of drug-likeness (QED) is 0.135. The zero-order chi connectivity index (χ0) is 29.9. The number of rotatable bonds is 9. The van der Waals surface area contributed by atoms with E-state index in [-0.39, 0.29) is 26.5 Å². The van der Waals surface area contributed by atoms with E-state index in [0.717, 1.165) is 0 Å². The summed E-state index contributed by atoms with van der Waals surface area (Å²) in [6, 6.07) is 18.3. The van der Waals surface area contributed by atoms with Gasteiger partial charge in [0, 0.05) is 17.4 Å². The third kappa shape index (κ3) is 10.1. The van der Waals surface area contributed by atoms with Crippen molar-refractivity contribution < 1.29 is 23.9 Å². The minimum absolute atomic E-state index is 0.103. The molecule has 1 saturated carbocycles. The first-order valence-corrected chi connectivity index (χ1v) is 14.3. The zero-order valence-corrected chi connectivity index (χ0v) is 25.5. The van der Waals surface area contributed by atoms with Crippen LogP contribution in [0, 0.1) is 28.6 Å². The average Bonchev–Trinajstić information content (AvgIpc) is 3.46. The van der Waals surface area contributed by atoms with E-state index in [1.54, 1.807) is 48.3 Å². The first kappa shape index (κ1) is 33.0. The number of halogens is 2. The maximum Gasteiger partial charge on any atom is 0.433 e. The third-order valence-electron chi connectivity index (χ3n) is 6.19. The molecule has 0 radical (unpaired) electrons. The van der Waals surface area contributed by atoms with E-state index in [1.807, 2.05) is 70.4 Å². The molecule has 11 heteroatoms. The molecule has 2 unspecified atom stereocenters. The summed E-state index contributed by atoms with van der Waals surface area (Å²) in [5.41, 5.74) is 0.231. The Morgan fingerprint density at radius 2 is 1.80 bits per heavy atom. The summed E-state index contributed by atoms with van der Waals surface area (Å²) in [7, 11) is 1.48. The SMILES string of the molecule is CC1(C)C(C=C(Cl)Cl)C1C(=O)O[C@H](C#N)c1cccc(Oc2ccccc2)c1.CNC(=O)O/N=C/C(C)(C)SC. The second kappa shape index (κ2) is 15.0. The number of allylic oxidation sites excluding steroid dienone is 1. The number of nitriles is 1. The Bertz CT molecular complexity index is 1260. The lowest BCUT2D eigenvalue weighted by molar-refractivity contribution is -0.149. The molecule has 0 saturated heterocycles. The van der Waals surface area contributed by atoms with Gasteiger partial charge in [-0.25, -0.2) is 4.79 Å². The minimum Gasteiger partial charge on any atom is -0.457 e. The molecule has 214 valence electrons. The molecule has 0 aliphatic heterocycles. The number of para-hydroxylation sites is 1. The molecule has 1 fully saturated rings. The smallest absolute Gasteiger partial charge is 0.433 e. The number of nitrogens with zero attached hydrogens (tertiary/aromatic N) is 2. The lowest BCUT2D eigenvalue weighted by Gasteiger charge is -2.13. The number of oxime groups is 1.